The fourth-order valence-electron chi connectivity index (χ4n) is 3.28. The molecule has 0 radical (unpaired) electrons. The molecule has 5 rings (SSSR count). The summed E-state index contributed by atoms with van der Waals surface area (Å²) in [6.45, 7) is 5.04. The highest BCUT2D eigenvalue weighted by Gasteiger charge is 2.35. The monoisotopic (exact) mass is 367 g/mol. The molecule has 0 fully saturated rings. The van der Waals surface area contributed by atoms with Gasteiger partial charge in [0.15, 0.2) is 5.82 Å². The molecule has 0 saturated heterocycles. The van der Waals surface area contributed by atoms with E-state index in [-0.39, 0.29) is 17.0 Å². The summed E-state index contributed by atoms with van der Waals surface area (Å²) in [5, 5.41) is 20.2. The Morgan fingerprint density at radius 2 is 2.00 bits per heavy atom. The average molecular weight is 367 g/mol. The molecule has 0 amide bonds. The van der Waals surface area contributed by atoms with Gasteiger partial charge in [0.2, 0.25) is 0 Å². The third kappa shape index (κ3) is 2.33. The van der Waals surface area contributed by atoms with Crippen LogP contribution in [0.1, 0.15) is 25.0 Å². The summed E-state index contributed by atoms with van der Waals surface area (Å²) in [4.78, 5) is 6.18. The summed E-state index contributed by atoms with van der Waals surface area (Å²) in [5.41, 5.74) is 1.31. The van der Waals surface area contributed by atoms with E-state index >= 15 is 0 Å². The zero-order valence-corrected chi connectivity index (χ0v) is 14.7. The Morgan fingerprint density at radius 3 is 2.78 bits per heavy atom. The number of aliphatic imine (C=N–C) groups is 1. The van der Waals surface area contributed by atoms with Gasteiger partial charge >= 0.3 is 0 Å². The van der Waals surface area contributed by atoms with Crippen molar-refractivity contribution in [2.24, 2.45) is 4.99 Å². The van der Waals surface area contributed by atoms with E-state index in [0.29, 0.717) is 30.3 Å². The quantitative estimate of drug-likeness (QED) is 0.715. The lowest BCUT2D eigenvalue weighted by molar-refractivity contribution is 0.576. The Labute approximate surface area is 153 Å². The van der Waals surface area contributed by atoms with Gasteiger partial charge in [0.1, 0.15) is 29.2 Å². The predicted molar refractivity (Wildman–Crippen MR) is 95.8 cm³/mol. The first kappa shape index (κ1) is 16.9. The summed E-state index contributed by atoms with van der Waals surface area (Å²) >= 11 is 0. The maximum absolute atomic E-state index is 14.8. The van der Waals surface area contributed by atoms with E-state index in [1.807, 2.05) is 13.8 Å². The van der Waals surface area contributed by atoms with E-state index in [1.54, 1.807) is 21.8 Å². The van der Waals surface area contributed by atoms with Crippen LogP contribution in [-0.2, 0) is 6.54 Å². The van der Waals surface area contributed by atoms with Crippen molar-refractivity contribution in [2.45, 2.75) is 20.4 Å². The molecule has 2 aliphatic heterocycles. The van der Waals surface area contributed by atoms with Crippen LogP contribution in [0.15, 0.2) is 29.5 Å². The number of aromatic amines is 1. The van der Waals surface area contributed by atoms with Gasteiger partial charge in [-0.3, -0.25) is 5.10 Å². The highest BCUT2D eigenvalue weighted by molar-refractivity contribution is 6.14. The van der Waals surface area contributed by atoms with Crippen molar-refractivity contribution in [1.29, 1.82) is 5.26 Å². The van der Waals surface area contributed by atoms with Gasteiger partial charge in [-0.15, -0.1) is 0 Å². The van der Waals surface area contributed by atoms with Crippen LogP contribution in [0.5, 0.6) is 0 Å². The van der Waals surface area contributed by atoms with E-state index in [2.05, 4.69) is 20.3 Å². The molecule has 136 valence electrons. The van der Waals surface area contributed by atoms with Crippen LogP contribution < -0.4 is 4.90 Å². The van der Waals surface area contributed by atoms with E-state index in [0.717, 1.165) is 17.7 Å². The second-order valence-electron chi connectivity index (χ2n) is 5.72. The lowest BCUT2D eigenvalue weighted by atomic mass is 10.1. The molecule has 0 aliphatic carbocycles. The molecule has 2 aliphatic rings. The molecule has 0 bridgehead atoms. The number of rotatable bonds is 1. The molecule has 0 unspecified atom stereocenters. The van der Waals surface area contributed by atoms with Crippen LogP contribution in [0.25, 0.3) is 11.3 Å². The fraction of sp³-hybridized carbons (Fsp3) is 0.222. The van der Waals surface area contributed by atoms with E-state index < -0.39 is 11.6 Å². The van der Waals surface area contributed by atoms with Gasteiger partial charge in [-0.05, 0) is 12.1 Å². The molecule has 2 aromatic heterocycles. The largest absolute Gasteiger partial charge is 0.308 e. The second-order valence-corrected chi connectivity index (χ2v) is 5.72. The smallest absolute Gasteiger partial charge is 0.154 e. The zero-order valence-electron chi connectivity index (χ0n) is 14.7. The molecule has 0 spiro atoms. The van der Waals surface area contributed by atoms with Gasteiger partial charge in [-0.1, -0.05) is 13.8 Å². The van der Waals surface area contributed by atoms with Crippen LogP contribution in [0.3, 0.4) is 0 Å². The number of aromatic nitrogens is 4. The molecule has 9 heteroatoms. The standard InChI is InChI=1S/C16H9F2N7.C2H6/c17-10-2-1-8(5-19)13(18)12(10)15-22-11-7-20-23-14(11)9-6-21-25-4-3-24(15)16(9)25;1-2/h1-2,6-7H,3-4H2,(H,20,23);1-2H3. The SMILES string of the molecule is CC.N#Cc1ccc(F)c(C2=Nc3cn[nH]c3-c3cnn4c3N2CC4)c1F. The van der Waals surface area contributed by atoms with Gasteiger partial charge in [0, 0.05) is 6.54 Å². The van der Waals surface area contributed by atoms with E-state index in [4.69, 9.17) is 5.26 Å². The molecule has 3 aromatic rings. The van der Waals surface area contributed by atoms with Crippen molar-refractivity contribution in [3.8, 4) is 17.3 Å². The molecule has 0 atom stereocenters. The van der Waals surface area contributed by atoms with Gasteiger partial charge in [-0.25, -0.2) is 18.5 Å². The first-order valence-electron chi connectivity index (χ1n) is 8.53. The Bertz CT molecular complexity index is 1100. The van der Waals surface area contributed by atoms with Crippen molar-refractivity contribution in [3.63, 3.8) is 0 Å². The highest BCUT2D eigenvalue weighted by atomic mass is 19.1. The van der Waals surface area contributed by atoms with Crippen LogP contribution in [0.2, 0.25) is 0 Å². The van der Waals surface area contributed by atoms with Gasteiger partial charge in [0.25, 0.3) is 0 Å². The summed E-state index contributed by atoms with van der Waals surface area (Å²) < 4.78 is 31.0. The molecule has 1 aromatic carbocycles. The molecular formula is C18H15F2N7. The topological polar surface area (TPSA) is 85.9 Å². The van der Waals surface area contributed by atoms with E-state index in [9.17, 15) is 8.78 Å². The number of nitrogens with one attached hydrogen (secondary N) is 1. The number of amidine groups is 1. The van der Waals surface area contributed by atoms with Crippen LogP contribution >= 0.6 is 0 Å². The Hall–Kier alpha value is -3.54. The molecule has 4 heterocycles. The number of hydrogen-bond acceptors (Lipinski definition) is 5. The average Bonchev–Trinajstić information content (AvgIpc) is 3.38. The van der Waals surface area contributed by atoms with Crippen molar-refractivity contribution in [3.05, 3.63) is 47.3 Å². The summed E-state index contributed by atoms with van der Waals surface area (Å²) in [6.07, 6.45) is 3.17. The number of fused-ring (bicyclic) bond motifs is 2. The van der Waals surface area contributed by atoms with Gasteiger partial charge < -0.3 is 4.90 Å². The Kier molecular flexibility index (Phi) is 3.96. The van der Waals surface area contributed by atoms with Crippen LogP contribution in [0.4, 0.5) is 20.3 Å². The first-order chi connectivity index (χ1) is 13.2. The Morgan fingerprint density at radius 1 is 1.19 bits per heavy atom. The molecule has 1 N–H and O–H groups in total. The molecule has 0 saturated carbocycles. The Balaban J connectivity index is 0.000000872. The highest BCUT2D eigenvalue weighted by Crippen LogP contribution is 2.41. The van der Waals surface area contributed by atoms with Crippen molar-refractivity contribution >= 4 is 17.3 Å². The number of nitriles is 1. The minimum atomic E-state index is -0.923. The predicted octanol–water partition coefficient (Wildman–Crippen LogP) is 3.36. The fourth-order valence-corrected chi connectivity index (χ4v) is 3.28. The molecule has 27 heavy (non-hydrogen) atoms. The molecule has 7 nitrogen and oxygen atoms in total. The summed E-state index contributed by atoms with van der Waals surface area (Å²) in [7, 11) is 0. The summed E-state index contributed by atoms with van der Waals surface area (Å²) in [5.74, 6) is -0.898. The molecular weight excluding hydrogens is 352 g/mol. The number of anilines is 1. The maximum atomic E-state index is 14.8. The summed E-state index contributed by atoms with van der Waals surface area (Å²) in [6, 6.07) is 3.94. The van der Waals surface area contributed by atoms with Crippen LogP contribution in [-0.4, -0.2) is 32.4 Å². The third-order valence-corrected chi connectivity index (χ3v) is 4.41. The lowest BCUT2D eigenvalue weighted by Crippen LogP contribution is -2.31. The third-order valence-electron chi connectivity index (χ3n) is 4.41. The number of H-pyrrole nitrogens is 1. The maximum Gasteiger partial charge on any atom is 0.154 e. The number of halogens is 2. The van der Waals surface area contributed by atoms with Gasteiger partial charge in [-0.2, -0.15) is 15.5 Å². The van der Waals surface area contributed by atoms with Crippen molar-refractivity contribution in [2.75, 3.05) is 11.4 Å². The van der Waals surface area contributed by atoms with Crippen LogP contribution in [0, 0.1) is 23.0 Å². The lowest BCUT2D eigenvalue weighted by Gasteiger charge is -2.20. The zero-order chi connectivity index (χ0) is 19.1. The van der Waals surface area contributed by atoms with Crippen molar-refractivity contribution in [1.82, 2.24) is 20.0 Å². The normalized spacial score (nSPS) is 13.7. The first-order valence-corrected chi connectivity index (χ1v) is 8.53. The number of benzene rings is 1. The number of hydrogen-bond donors (Lipinski definition) is 1. The minimum absolute atomic E-state index is 0.104. The van der Waals surface area contributed by atoms with E-state index in [1.165, 1.54) is 6.20 Å². The van der Waals surface area contributed by atoms with Crippen molar-refractivity contribution < 1.29 is 8.78 Å². The second kappa shape index (κ2) is 6.32. The number of nitrogens with zero attached hydrogens (tertiary/aromatic N) is 6. The van der Waals surface area contributed by atoms with Gasteiger partial charge in [0.05, 0.1) is 41.3 Å². The minimum Gasteiger partial charge on any atom is -0.308 e.